The molecule has 0 aliphatic heterocycles. The second kappa shape index (κ2) is 8.63. The van der Waals surface area contributed by atoms with Gasteiger partial charge in [0.25, 0.3) is 5.91 Å². The highest BCUT2D eigenvalue weighted by Crippen LogP contribution is 2.55. The molecule has 2 aromatic carbocycles. The van der Waals surface area contributed by atoms with Gasteiger partial charge in [-0.05, 0) is 86.6 Å². The zero-order valence-corrected chi connectivity index (χ0v) is 18.8. The first kappa shape index (κ1) is 21.1. The molecule has 4 fully saturated rings. The molecular weight excluding hydrogens is 418 g/mol. The SMILES string of the molecule is N#Cc1cccc(NC(=O)c2ccccc2SCC(=O)NC23CC4CC(CC(C4)C2)C3)c1. The molecule has 32 heavy (non-hydrogen) atoms. The van der Waals surface area contributed by atoms with Crippen molar-refractivity contribution in [3.05, 3.63) is 59.7 Å². The monoisotopic (exact) mass is 445 g/mol. The van der Waals surface area contributed by atoms with Gasteiger partial charge in [-0.2, -0.15) is 5.26 Å². The van der Waals surface area contributed by atoms with Gasteiger partial charge in [-0.3, -0.25) is 9.59 Å². The zero-order valence-electron chi connectivity index (χ0n) is 18.0. The van der Waals surface area contributed by atoms with Crippen LogP contribution in [0.25, 0.3) is 0 Å². The van der Waals surface area contributed by atoms with Crippen LogP contribution in [-0.2, 0) is 4.79 Å². The van der Waals surface area contributed by atoms with Crippen LogP contribution in [0, 0.1) is 29.1 Å². The van der Waals surface area contributed by atoms with Crippen LogP contribution in [0.3, 0.4) is 0 Å². The highest BCUT2D eigenvalue weighted by Gasteiger charge is 2.51. The first-order chi connectivity index (χ1) is 15.5. The number of benzene rings is 2. The Morgan fingerprint density at radius 1 is 1.00 bits per heavy atom. The third-order valence-electron chi connectivity index (χ3n) is 7.18. The molecule has 0 unspecified atom stereocenters. The Bertz CT molecular complexity index is 1060. The summed E-state index contributed by atoms with van der Waals surface area (Å²) >= 11 is 1.41. The molecule has 4 bridgehead atoms. The van der Waals surface area contributed by atoms with E-state index in [2.05, 4.69) is 16.7 Å². The van der Waals surface area contributed by atoms with Crippen LogP contribution in [0.5, 0.6) is 0 Å². The number of anilines is 1. The van der Waals surface area contributed by atoms with E-state index in [0.717, 1.165) is 41.9 Å². The molecule has 0 spiro atoms. The van der Waals surface area contributed by atoms with Gasteiger partial charge in [-0.25, -0.2) is 0 Å². The number of nitriles is 1. The van der Waals surface area contributed by atoms with Gasteiger partial charge in [0.15, 0.2) is 0 Å². The molecule has 4 aliphatic carbocycles. The summed E-state index contributed by atoms with van der Waals surface area (Å²) in [7, 11) is 0. The van der Waals surface area contributed by atoms with Gasteiger partial charge < -0.3 is 10.6 Å². The Hall–Kier alpha value is -2.78. The molecule has 2 aromatic rings. The van der Waals surface area contributed by atoms with Gasteiger partial charge in [-0.15, -0.1) is 11.8 Å². The lowest BCUT2D eigenvalue weighted by molar-refractivity contribution is -0.124. The van der Waals surface area contributed by atoms with Crippen LogP contribution in [0.2, 0.25) is 0 Å². The summed E-state index contributed by atoms with van der Waals surface area (Å²) in [5.41, 5.74) is 1.61. The smallest absolute Gasteiger partial charge is 0.256 e. The molecular formula is C26H27N3O2S. The second-order valence-corrected chi connectivity index (χ2v) is 10.7. The van der Waals surface area contributed by atoms with Crippen LogP contribution in [0.4, 0.5) is 5.69 Å². The summed E-state index contributed by atoms with van der Waals surface area (Å²) in [6.07, 6.45) is 7.46. The number of rotatable bonds is 6. The minimum Gasteiger partial charge on any atom is -0.350 e. The largest absolute Gasteiger partial charge is 0.350 e. The highest BCUT2D eigenvalue weighted by molar-refractivity contribution is 8.00. The van der Waals surface area contributed by atoms with Gasteiger partial charge in [0.1, 0.15) is 0 Å². The normalized spacial score (nSPS) is 27.5. The highest BCUT2D eigenvalue weighted by atomic mass is 32.2. The maximum Gasteiger partial charge on any atom is 0.256 e. The first-order valence-electron chi connectivity index (χ1n) is 11.4. The molecule has 164 valence electrons. The van der Waals surface area contributed by atoms with Crippen molar-refractivity contribution in [2.75, 3.05) is 11.1 Å². The molecule has 0 aromatic heterocycles. The van der Waals surface area contributed by atoms with Crippen molar-refractivity contribution < 1.29 is 9.59 Å². The van der Waals surface area contributed by atoms with Gasteiger partial charge >= 0.3 is 0 Å². The van der Waals surface area contributed by atoms with Crippen LogP contribution < -0.4 is 10.6 Å². The average molecular weight is 446 g/mol. The standard InChI is InChI=1S/C26H27N3O2S/c27-15-17-4-3-5-21(11-17)28-25(31)22-6-1-2-7-23(22)32-16-24(30)29-26-12-18-8-19(13-26)10-20(9-18)14-26/h1-7,11,18-20H,8-10,12-14,16H2,(H,28,31)(H,29,30). The van der Waals surface area contributed by atoms with Crippen LogP contribution in [0.1, 0.15) is 54.4 Å². The van der Waals surface area contributed by atoms with Gasteiger partial charge in [0.05, 0.1) is 22.9 Å². The molecule has 0 radical (unpaired) electrons. The quantitative estimate of drug-likeness (QED) is 0.614. The molecule has 0 atom stereocenters. The third kappa shape index (κ3) is 4.40. The van der Waals surface area contributed by atoms with E-state index in [0.29, 0.717) is 22.6 Å². The molecule has 0 heterocycles. The summed E-state index contributed by atoms with van der Waals surface area (Å²) in [5, 5.41) is 15.3. The van der Waals surface area contributed by atoms with Crippen LogP contribution >= 0.6 is 11.8 Å². The van der Waals surface area contributed by atoms with Crippen molar-refractivity contribution in [1.29, 1.82) is 5.26 Å². The fraction of sp³-hybridized carbons (Fsp3) is 0.423. The van der Waals surface area contributed by atoms with E-state index < -0.39 is 0 Å². The average Bonchev–Trinajstić information content (AvgIpc) is 2.76. The molecule has 2 amide bonds. The minimum absolute atomic E-state index is 0.00897. The number of nitrogens with zero attached hydrogens (tertiary/aromatic N) is 1. The first-order valence-corrected chi connectivity index (χ1v) is 12.3. The number of hydrogen-bond acceptors (Lipinski definition) is 4. The number of carbonyl (C=O) groups is 2. The molecule has 6 heteroatoms. The summed E-state index contributed by atoms with van der Waals surface area (Å²) in [6, 6.07) is 16.3. The van der Waals surface area contributed by atoms with E-state index in [1.807, 2.05) is 18.2 Å². The van der Waals surface area contributed by atoms with Crippen molar-refractivity contribution in [3.8, 4) is 6.07 Å². The summed E-state index contributed by atoms with van der Waals surface area (Å²) in [5.74, 6) is 2.49. The van der Waals surface area contributed by atoms with Crippen LogP contribution in [0.15, 0.2) is 53.4 Å². The topological polar surface area (TPSA) is 82.0 Å². The lowest BCUT2D eigenvalue weighted by atomic mass is 9.53. The fourth-order valence-corrected chi connectivity index (χ4v) is 7.23. The van der Waals surface area contributed by atoms with E-state index in [9.17, 15) is 9.59 Å². The molecule has 4 aliphatic rings. The van der Waals surface area contributed by atoms with Crippen molar-refractivity contribution >= 4 is 29.3 Å². The van der Waals surface area contributed by atoms with E-state index in [-0.39, 0.29) is 17.4 Å². The number of amides is 2. The van der Waals surface area contributed by atoms with Crippen molar-refractivity contribution in [3.63, 3.8) is 0 Å². The van der Waals surface area contributed by atoms with Gasteiger partial charge in [-0.1, -0.05) is 18.2 Å². The van der Waals surface area contributed by atoms with Gasteiger partial charge in [0, 0.05) is 16.1 Å². The van der Waals surface area contributed by atoms with E-state index >= 15 is 0 Å². The maximum atomic E-state index is 12.9. The Kier molecular flexibility index (Phi) is 5.69. The fourth-order valence-electron chi connectivity index (χ4n) is 6.38. The Morgan fingerprint density at radius 3 is 2.38 bits per heavy atom. The Morgan fingerprint density at radius 2 is 1.69 bits per heavy atom. The Labute approximate surface area is 193 Å². The lowest BCUT2D eigenvalue weighted by Crippen LogP contribution is -2.60. The summed E-state index contributed by atoms with van der Waals surface area (Å²) < 4.78 is 0. The predicted molar refractivity (Wildman–Crippen MR) is 125 cm³/mol. The second-order valence-electron chi connectivity index (χ2n) is 9.68. The lowest BCUT2D eigenvalue weighted by Gasteiger charge is -2.56. The zero-order chi connectivity index (χ0) is 22.1. The van der Waals surface area contributed by atoms with E-state index in [4.69, 9.17) is 5.26 Å². The molecule has 6 rings (SSSR count). The minimum atomic E-state index is -0.246. The van der Waals surface area contributed by atoms with E-state index in [1.54, 1.807) is 30.3 Å². The van der Waals surface area contributed by atoms with E-state index in [1.165, 1.54) is 31.0 Å². The summed E-state index contributed by atoms with van der Waals surface area (Å²) in [6.45, 7) is 0. The molecule has 2 N–H and O–H groups in total. The van der Waals surface area contributed by atoms with Crippen molar-refractivity contribution in [2.24, 2.45) is 17.8 Å². The van der Waals surface area contributed by atoms with Crippen molar-refractivity contribution in [1.82, 2.24) is 5.32 Å². The predicted octanol–water partition coefficient (Wildman–Crippen LogP) is 4.99. The number of nitrogens with one attached hydrogen (secondary N) is 2. The van der Waals surface area contributed by atoms with Crippen LogP contribution in [-0.4, -0.2) is 23.1 Å². The maximum absolute atomic E-state index is 12.9. The molecule has 5 nitrogen and oxygen atoms in total. The summed E-state index contributed by atoms with van der Waals surface area (Å²) in [4.78, 5) is 26.5. The Balaban J connectivity index is 1.22. The third-order valence-corrected chi connectivity index (χ3v) is 8.26. The number of carbonyl (C=O) groups excluding carboxylic acids is 2. The number of hydrogen-bond donors (Lipinski definition) is 2. The number of thioether (sulfide) groups is 1. The van der Waals surface area contributed by atoms with Crippen molar-refractivity contribution in [2.45, 2.75) is 49.0 Å². The van der Waals surface area contributed by atoms with Gasteiger partial charge in [0.2, 0.25) is 5.91 Å². The molecule has 0 saturated heterocycles. The molecule has 4 saturated carbocycles.